The Morgan fingerprint density at radius 2 is 1.92 bits per heavy atom. The van der Waals surface area contributed by atoms with Crippen molar-refractivity contribution in [1.29, 1.82) is 5.26 Å². The highest BCUT2D eigenvalue weighted by atomic mass is 16.5. The Kier molecular flexibility index (Phi) is 6.49. The van der Waals surface area contributed by atoms with Gasteiger partial charge in [0, 0.05) is 80.9 Å². The molecule has 2 aromatic carbocycles. The summed E-state index contributed by atoms with van der Waals surface area (Å²) in [5.74, 6) is 0. The maximum absolute atomic E-state index is 9.54. The minimum absolute atomic E-state index is 0.159. The highest BCUT2D eigenvalue weighted by Gasteiger charge is 2.35. The number of fused-ring (bicyclic) bond motifs is 2. The van der Waals surface area contributed by atoms with E-state index < -0.39 is 0 Å². The molecule has 0 aliphatic carbocycles. The molecule has 0 saturated carbocycles. The smallest absolute Gasteiger partial charge is 0.101 e. The minimum atomic E-state index is 0.159. The van der Waals surface area contributed by atoms with Gasteiger partial charge < -0.3 is 19.9 Å². The average Bonchev–Trinajstić information content (AvgIpc) is 3.16. The van der Waals surface area contributed by atoms with Crippen molar-refractivity contribution in [3.05, 3.63) is 65.9 Å². The van der Waals surface area contributed by atoms with Crippen LogP contribution in [0.4, 0.5) is 11.4 Å². The number of nitrogens with one attached hydrogen (secondary N) is 1. The summed E-state index contributed by atoms with van der Waals surface area (Å²) in [5, 5.41) is 14.0. The van der Waals surface area contributed by atoms with E-state index in [1.165, 1.54) is 16.9 Å². The van der Waals surface area contributed by atoms with E-state index in [-0.39, 0.29) is 6.10 Å². The summed E-state index contributed by atoms with van der Waals surface area (Å²) < 4.78 is 5.92. The molecule has 3 aliphatic rings. The number of pyridine rings is 1. The predicted molar refractivity (Wildman–Crippen MR) is 143 cm³/mol. The summed E-state index contributed by atoms with van der Waals surface area (Å²) in [4.78, 5) is 12.3. The molecule has 0 amide bonds. The van der Waals surface area contributed by atoms with Crippen LogP contribution >= 0.6 is 0 Å². The van der Waals surface area contributed by atoms with E-state index >= 15 is 0 Å². The van der Waals surface area contributed by atoms with Gasteiger partial charge in [0.2, 0.25) is 0 Å². The number of benzene rings is 2. The monoisotopic (exact) mass is 482 g/mol. The number of aromatic nitrogens is 1. The number of nitriles is 1. The predicted octanol–water partition coefficient (Wildman–Crippen LogP) is 3.56. The summed E-state index contributed by atoms with van der Waals surface area (Å²) >= 11 is 0. The SMILES string of the molecule is C[C@@H]1CN(c2ccc(C#N)c3ncccc23)C[C@@H]2CCN(c3ccc([C@H]4CNCCO4)cc3)CCN21. The number of rotatable bonds is 3. The molecule has 7 nitrogen and oxygen atoms in total. The quantitative estimate of drug-likeness (QED) is 0.612. The van der Waals surface area contributed by atoms with Crippen LogP contribution in [0.1, 0.15) is 30.6 Å². The third kappa shape index (κ3) is 4.41. The van der Waals surface area contributed by atoms with Gasteiger partial charge in [0.25, 0.3) is 0 Å². The van der Waals surface area contributed by atoms with E-state index in [2.05, 4.69) is 74.4 Å². The van der Waals surface area contributed by atoms with Crippen molar-refractivity contribution in [2.24, 2.45) is 0 Å². The maximum Gasteiger partial charge on any atom is 0.101 e. The van der Waals surface area contributed by atoms with Crippen LogP contribution in [-0.2, 0) is 4.74 Å². The van der Waals surface area contributed by atoms with Gasteiger partial charge in [-0.2, -0.15) is 5.26 Å². The third-order valence-corrected chi connectivity index (χ3v) is 8.08. The number of nitrogens with zero attached hydrogens (tertiary/aromatic N) is 5. The Morgan fingerprint density at radius 1 is 1.03 bits per heavy atom. The topological polar surface area (TPSA) is 67.7 Å². The molecule has 7 heteroatoms. The standard InChI is InChI=1S/C29H34N6O/c1-21-19-34(27-9-6-23(17-30)29-26(27)3-2-11-32-29)20-25-10-13-33(14-15-35(21)25)24-7-4-22(5-8-24)28-18-31-12-16-36-28/h2-9,11,21,25,28,31H,10,12-16,18-20H2,1H3/t21-,25+,28-/m1/s1. The average molecular weight is 483 g/mol. The summed E-state index contributed by atoms with van der Waals surface area (Å²) in [7, 11) is 0. The number of piperazine rings is 1. The van der Waals surface area contributed by atoms with Crippen LogP contribution in [0.25, 0.3) is 10.9 Å². The second-order valence-electron chi connectivity index (χ2n) is 10.2. The molecular formula is C29H34N6O. The molecule has 0 radical (unpaired) electrons. The lowest BCUT2D eigenvalue weighted by Crippen LogP contribution is -2.58. The summed E-state index contributed by atoms with van der Waals surface area (Å²) in [6.07, 6.45) is 3.07. The van der Waals surface area contributed by atoms with Crippen LogP contribution < -0.4 is 15.1 Å². The van der Waals surface area contributed by atoms with Gasteiger partial charge in [-0.25, -0.2) is 0 Å². The fourth-order valence-electron chi connectivity index (χ4n) is 6.19. The molecule has 3 aromatic rings. The molecule has 4 heterocycles. The Balaban J connectivity index is 1.18. The molecule has 186 valence electrons. The van der Waals surface area contributed by atoms with E-state index in [1.807, 2.05) is 12.1 Å². The van der Waals surface area contributed by atoms with Crippen LogP contribution in [0.3, 0.4) is 0 Å². The molecule has 6 rings (SSSR count). The Morgan fingerprint density at radius 3 is 2.72 bits per heavy atom. The van der Waals surface area contributed by atoms with Crippen molar-refractivity contribution < 1.29 is 4.74 Å². The molecular weight excluding hydrogens is 448 g/mol. The van der Waals surface area contributed by atoms with Crippen LogP contribution in [0.5, 0.6) is 0 Å². The Labute approximate surface area is 213 Å². The minimum Gasteiger partial charge on any atom is -0.371 e. The molecule has 3 saturated heterocycles. The number of hydrogen-bond donors (Lipinski definition) is 1. The van der Waals surface area contributed by atoms with Crippen LogP contribution in [-0.4, -0.2) is 74.4 Å². The van der Waals surface area contributed by atoms with Crippen molar-refractivity contribution in [3.63, 3.8) is 0 Å². The van der Waals surface area contributed by atoms with Crippen LogP contribution in [0.2, 0.25) is 0 Å². The van der Waals surface area contributed by atoms with Crippen molar-refractivity contribution in [3.8, 4) is 6.07 Å². The van der Waals surface area contributed by atoms with Gasteiger partial charge in [-0.15, -0.1) is 0 Å². The van der Waals surface area contributed by atoms with Crippen molar-refractivity contribution in [2.75, 3.05) is 62.2 Å². The van der Waals surface area contributed by atoms with Crippen molar-refractivity contribution in [2.45, 2.75) is 31.5 Å². The highest BCUT2D eigenvalue weighted by Crippen LogP contribution is 2.33. The van der Waals surface area contributed by atoms with E-state index in [0.29, 0.717) is 17.6 Å². The molecule has 1 N–H and O–H groups in total. The second-order valence-corrected chi connectivity index (χ2v) is 10.2. The van der Waals surface area contributed by atoms with E-state index in [9.17, 15) is 5.26 Å². The van der Waals surface area contributed by atoms with Gasteiger partial charge in [0.05, 0.1) is 23.8 Å². The zero-order valence-electron chi connectivity index (χ0n) is 20.9. The molecule has 0 spiro atoms. The fourth-order valence-corrected chi connectivity index (χ4v) is 6.19. The van der Waals surface area contributed by atoms with Gasteiger partial charge in [-0.3, -0.25) is 9.88 Å². The summed E-state index contributed by atoms with van der Waals surface area (Å²) in [6, 6.07) is 20.4. The van der Waals surface area contributed by atoms with E-state index in [4.69, 9.17) is 4.74 Å². The lowest BCUT2D eigenvalue weighted by molar-refractivity contribution is 0.0277. The molecule has 36 heavy (non-hydrogen) atoms. The maximum atomic E-state index is 9.54. The number of hydrogen-bond acceptors (Lipinski definition) is 7. The summed E-state index contributed by atoms with van der Waals surface area (Å²) in [5.41, 5.74) is 5.20. The van der Waals surface area contributed by atoms with E-state index in [1.54, 1.807) is 6.20 Å². The number of ether oxygens (including phenoxy) is 1. The molecule has 3 fully saturated rings. The Bertz CT molecular complexity index is 1250. The van der Waals surface area contributed by atoms with Crippen LogP contribution in [0.15, 0.2) is 54.7 Å². The molecule has 0 unspecified atom stereocenters. The van der Waals surface area contributed by atoms with Crippen molar-refractivity contribution in [1.82, 2.24) is 15.2 Å². The molecule has 3 atom stereocenters. The fraction of sp³-hybridized carbons (Fsp3) is 0.448. The number of anilines is 2. The molecule has 1 aromatic heterocycles. The molecule has 3 aliphatic heterocycles. The van der Waals surface area contributed by atoms with Crippen molar-refractivity contribution >= 4 is 22.3 Å². The third-order valence-electron chi connectivity index (χ3n) is 8.08. The highest BCUT2D eigenvalue weighted by molar-refractivity contribution is 5.95. The first-order valence-corrected chi connectivity index (χ1v) is 13.2. The van der Waals surface area contributed by atoms with Gasteiger partial charge in [0.1, 0.15) is 6.07 Å². The van der Waals surface area contributed by atoms with Gasteiger partial charge >= 0.3 is 0 Å². The van der Waals surface area contributed by atoms with Gasteiger partial charge in [0.15, 0.2) is 0 Å². The number of morpholine rings is 1. The summed E-state index contributed by atoms with van der Waals surface area (Å²) in [6.45, 7) is 10.1. The second kappa shape index (κ2) is 10.1. The first kappa shape index (κ1) is 23.2. The zero-order chi connectivity index (χ0) is 24.5. The van der Waals surface area contributed by atoms with Gasteiger partial charge in [-0.05, 0) is 55.3 Å². The lowest BCUT2D eigenvalue weighted by atomic mass is 10.0. The van der Waals surface area contributed by atoms with E-state index in [0.717, 1.165) is 69.7 Å². The lowest BCUT2D eigenvalue weighted by Gasteiger charge is -2.46. The van der Waals surface area contributed by atoms with Gasteiger partial charge in [-0.1, -0.05) is 12.1 Å². The first-order chi connectivity index (χ1) is 17.7. The zero-order valence-corrected chi connectivity index (χ0v) is 20.9. The van der Waals surface area contributed by atoms with Crippen LogP contribution in [0, 0.1) is 11.3 Å². The largest absolute Gasteiger partial charge is 0.371 e. The Hall–Kier alpha value is -3.18. The molecule has 0 bridgehead atoms. The first-order valence-electron chi connectivity index (χ1n) is 13.2. The normalized spacial score (nSPS) is 25.3.